The van der Waals surface area contributed by atoms with Crippen LogP contribution in [-0.4, -0.2) is 34.3 Å². The number of nitrogens with one attached hydrogen (secondary N) is 1. The van der Waals surface area contributed by atoms with Gasteiger partial charge in [-0.25, -0.2) is 0 Å². The van der Waals surface area contributed by atoms with E-state index in [-0.39, 0.29) is 11.8 Å². The van der Waals surface area contributed by atoms with Gasteiger partial charge in [0.2, 0.25) is 11.8 Å². The lowest BCUT2D eigenvalue weighted by Crippen LogP contribution is -2.74. The number of rotatable bonds is 3. The first-order chi connectivity index (χ1) is 8.35. The Morgan fingerprint density at radius 2 is 1.78 bits per heavy atom. The molecule has 18 heavy (non-hydrogen) atoms. The van der Waals surface area contributed by atoms with Gasteiger partial charge in [-0.1, -0.05) is 0 Å². The summed E-state index contributed by atoms with van der Waals surface area (Å²) in [7, 11) is 0. The SMILES string of the molecule is CC1(C2CC2)NC(=O)C(C)(C)N(CC2CC2)C1=O. The van der Waals surface area contributed by atoms with Crippen molar-refractivity contribution in [1.29, 1.82) is 0 Å². The fourth-order valence-electron chi connectivity index (χ4n) is 2.91. The average molecular weight is 250 g/mol. The van der Waals surface area contributed by atoms with Gasteiger partial charge in [-0.05, 0) is 58.3 Å². The molecular formula is C14H22N2O2. The molecule has 4 nitrogen and oxygen atoms in total. The molecular weight excluding hydrogens is 228 g/mol. The molecule has 0 bridgehead atoms. The van der Waals surface area contributed by atoms with Crippen molar-refractivity contribution >= 4 is 11.8 Å². The van der Waals surface area contributed by atoms with Crippen LogP contribution in [-0.2, 0) is 9.59 Å². The predicted molar refractivity (Wildman–Crippen MR) is 67.8 cm³/mol. The highest BCUT2D eigenvalue weighted by Gasteiger charge is 2.58. The predicted octanol–water partition coefficient (Wildman–Crippen LogP) is 1.30. The minimum atomic E-state index is -0.700. The molecule has 0 spiro atoms. The second kappa shape index (κ2) is 3.49. The van der Waals surface area contributed by atoms with Gasteiger partial charge in [0.25, 0.3) is 0 Å². The Balaban J connectivity index is 1.90. The van der Waals surface area contributed by atoms with Crippen LogP contribution in [0.1, 0.15) is 46.5 Å². The van der Waals surface area contributed by atoms with E-state index in [9.17, 15) is 9.59 Å². The quantitative estimate of drug-likeness (QED) is 0.821. The summed E-state index contributed by atoms with van der Waals surface area (Å²) < 4.78 is 0. The Bertz CT molecular complexity index is 410. The first-order valence-corrected chi connectivity index (χ1v) is 7.00. The lowest BCUT2D eigenvalue weighted by Gasteiger charge is -2.49. The molecule has 0 radical (unpaired) electrons. The summed E-state index contributed by atoms with van der Waals surface area (Å²) >= 11 is 0. The molecule has 2 amide bonds. The fraction of sp³-hybridized carbons (Fsp3) is 0.857. The minimum absolute atomic E-state index is 0.00264. The Morgan fingerprint density at radius 3 is 2.28 bits per heavy atom. The van der Waals surface area contributed by atoms with E-state index in [1.807, 2.05) is 25.7 Å². The monoisotopic (exact) mass is 250 g/mol. The molecule has 0 aromatic heterocycles. The number of carbonyl (C=O) groups excluding carboxylic acids is 2. The van der Waals surface area contributed by atoms with Gasteiger partial charge in [0.05, 0.1) is 0 Å². The van der Waals surface area contributed by atoms with Gasteiger partial charge in [0, 0.05) is 6.54 Å². The normalized spacial score (nSPS) is 35.6. The molecule has 3 fully saturated rings. The van der Waals surface area contributed by atoms with E-state index in [1.165, 1.54) is 12.8 Å². The maximum absolute atomic E-state index is 12.8. The van der Waals surface area contributed by atoms with E-state index in [1.54, 1.807) is 0 Å². The van der Waals surface area contributed by atoms with Crippen LogP contribution in [0.3, 0.4) is 0 Å². The third-order valence-corrected chi connectivity index (χ3v) is 4.82. The van der Waals surface area contributed by atoms with Crippen molar-refractivity contribution in [3.05, 3.63) is 0 Å². The van der Waals surface area contributed by atoms with E-state index in [4.69, 9.17) is 0 Å². The molecule has 1 aliphatic heterocycles. The third-order valence-electron chi connectivity index (χ3n) is 4.82. The van der Waals surface area contributed by atoms with Crippen LogP contribution in [0.25, 0.3) is 0 Å². The van der Waals surface area contributed by atoms with Crippen LogP contribution in [0.15, 0.2) is 0 Å². The van der Waals surface area contributed by atoms with Crippen molar-refractivity contribution in [2.45, 2.75) is 57.5 Å². The number of amides is 2. The van der Waals surface area contributed by atoms with Gasteiger partial charge >= 0.3 is 0 Å². The van der Waals surface area contributed by atoms with Gasteiger partial charge in [-0.15, -0.1) is 0 Å². The summed E-state index contributed by atoms with van der Waals surface area (Å²) in [5, 5.41) is 2.99. The van der Waals surface area contributed by atoms with Gasteiger partial charge < -0.3 is 10.2 Å². The van der Waals surface area contributed by atoms with Crippen molar-refractivity contribution in [1.82, 2.24) is 10.2 Å². The van der Waals surface area contributed by atoms with Crippen LogP contribution in [0, 0.1) is 11.8 Å². The Hall–Kier alpha value is -1.06. The zero-order valence-corrected chi connectivity index (χ0v) is 11.5. The van der Waals surface area contributed by atoms with Gasteiger partial charge in [-0.3, -0.25) is 9.59 Å². The van der Waals surface area contributed by atoms with Gasteiger partial charge in [0.15, 0.2) is 0 Å². The lowest BCUT2D eigenvalue weighted by atomic mass is 9.85. The van der Waals surface area contributed by atoms with E-state index >= 15 is 0 Å². The number of carbonyl (C=O) groups is 2. The number of nitrogens with zero attached hydrogens (tertiary/aromatic N) is 1. The highest BCUT2D eigenvalue weighted by Crippen LogP contribution is 2.44. The summed E-state index contributed by atoms with van der Waals surface area (Å²) in [5.74, 6) is 1.08. The standard InChI is InChI=1S/C14H22N2O2/c1-13(2)11(17)15-14(3,10-6-7-10)12(18)16(13)8-9-4-5-9/h9-10H,4-8H2,1-3H3,(H,15,17). The molecule has 2 saturated carbocycles. The Kier molecular flexibility index (Phi) is 2.32. The molecule has 2 aliphatic carbocycles. The van der Waals surface area contributed by atoms with Crippen LogP contribution >= 0.6 is 0 Å². The van der Waals surface area contributed by atoms with E-state index in [0.717, 1.165) is 19.4 Å². The highest BCUT2D eigenvalue weighted by atomic mass is 16.2. The van der Waals surface area contributed by atoms with Crippen LogP contribution < -0.4 is 5.32 Å². The van der Waals surface area contributed by atoms with Crippen molar-refractivity contribution in [2.75, 3.05) is 6.54 Å². The molecule has 100 valence electrons. The van der Waals surface area contributed by atoms with Crippen LogP contribution in [0.4, 0.5) is 0 Å². The van der Waals surface area contributed by atoms with E-state index in [2.05, 4.69) is 5.32 Å². The van der Waals surface area contributed by atoms with Gasteiger partial charge in [-0.2, -0.15) is 0 Å². The van der Waals surface area contributed by atoms with Gasteiger partial charge in [0.1, 0.15) is 11.1 Å². The second-order valence-electron chi connectivity index (χ2n) is 6.85. The molecule has 1 N–H and O–H groups in total. The summed E-state index contributed by atoms with van der Waals surface area (Å²) in [4.78, 5) is 26.9. The smallest absolute Gasteiger partial charge is 0.249 e. The summed E-state index contributed by atoms with van der Waals surface area (Å²) in [5.41, 5.74) is -1.35. The fourth-order valence-corrected chi connectivity index (χ4v) is 2.91. The Labute approximate surface area is 108 Å². The molecule has 1 saturated heterocycles. The van der Waals surface area contributed by atoms with Crippen molar-refractivity contribution in [2.24, 2.45) is 11.8 Å². The third kappa shape index (κ3) is 1.65. The molecule has 0 aromatic carbocycles. The molecule has 3 aliphatic rings. The maximum atomic E-state index is 12.8. The number of hydrogen-bond donors (Lipinski definition) is 1. The van der Waals surface area contributed by atoms with Crippen molar-refractivity contribution in [3.8, 4) is 0 Å². The largest absolute Gasteiger partial charge is 0.340 e. The van der Waals surface area contributed by atoms with E-state index in [0.29, 0.717) is 11.8 Å². The molecule has 1 atom stereocenters. The zero-order valence-electron chi connectivity index (χ0n) is 11.5. The Morgan fingerprint density at radius 1 is 1.17 bits per heavy atom. The average Bonchev–Trinajstić information content (AvgIpc) is 3.15. The highest BCUT2D eigenvalue weighted by molar-refractivity contribution is 6.02. The minimum Gasteiger partial charge on any atom is -0.340 e. The first kappa shape index (κ1) is 12.0. The molecule has 3 rings (SSSR count). The second-order valence-corrected chi connectivity index (χ2v) is 6.85. The lowest BCUT2D eigenvalue weighted by molar-refractivity contribution is -0.161. The topological polar surface area (TPSA) is 49.4 Å². The maximum Gasteiger partial charge on any atom is 0.249 e. The zero-order chi connectivity index (χ0) is 13.1. The van der Waals surface area contributed by atoms with Crippen LogP contribution in [0.5, 0.6) is 0 Å². The van der Waals surface area contributed by atoms with Crippen LogP contribution in [0.2, 0.25) is 0 Å². The molecule has 0 aromatic rings. The van der Waals surface area contributed by atoms with Crippen molar-refractivity contribution < 1.29 is 9.59 Å². The molecule has 4 heteroatoms. The molecule has 1 heterocycles. The molecule has 1 unspecified atom stereocenters. The van der Waals surface area contributed by atoms with E-state index < -0.39 is 11.1 Å². The summed E-state index contributed by atoms with van der Waals surface area (Å²) in [6.07, 6.45) is 4.50. The van der Waals surface area contributed by atoms with Crippen molar-refractivity contribution in [3.63, 3.8) is 0 Å². The number of piperazine rings is 1. The summed E-state index contributed by atoms with van der Waals surface area (Å²) in [6, 6.07) is 0. The first-order valence-electron chi connectivity index (χ1n) is 7.00. The number of hydrogen-bond acceptors (Lipinski definition) is 2. The summed E-state index contributed by atoms with van der Waals surface area (Å²) in [6.45, 7) is 6.37.